The Hall–Kier alpha value is -2.09. The van der Waals surface area contributed by atoms with Crippen molar-refractivity contribution in [2.75, 3.05) is 5.32 Å². The summed E-state index contributed by atoms with van der Waals surface area (Å²) in [5.41, 5.74) is 5.84. The van der Waals surface area contributed by atoms with Gasteiger partial charge in [-0.1, -0.05) is 42.0 Å². The van der Waals surface area contributed by atoms with Gasteiger partial charge in [0.15, 0.2) is 0 Å². The summed E-state index contributed by atoms with van der Waals surface area (Å²) in [5, 5.41) is 2.96. The molecule has 0 spiro atoms. The summed E-state index contributed by atoms with van der Waals surface area (Å²) < 4.78 is 0. The maximum absolute atomic E-state index is 12.1. The van der Waals surface area contributed by atoms with Crippen molar-refractivity contribution in [3.8, 4) is 0 Å². The number of hydrogen-bond acceptors (Lipinski definition) is 1. The Morgan fingerprint density at radius 1 is 1.11 bits per heavy atom. The van der Waals surface area contributed by atoms with Crippen molar-refractivity contribution >= 4 is 11.6 Å². The minimum Gasteiger partial charge on any atom is -0.325 e. The number of rotatable bonds is 2. The molecule has 2 heteroatoms. The second kappa shape index (κ2) is 4.54. The average Bonchev–Trinajstić information content (AvgIpc) is 2.71. The maximum atomic E-state index is 12.1. The Labute approximate surface area is 113 Å². The molecule has 1 N–H and O–H groups in total. The first-order chi connectivity index (χ1) is 9.15. The summed E-state index contributed by atoms with van der Waals surface area (Å²) in [5.74, 6) is 0.0545. The zero-order chi connectivity index (χ0) is 13.4. The van der Waals surface area contributed by atoms with E-state index in [2.05, 4.69) is 37.4 Å². The van der Waals surface area contributed by atoms with Crippen molar-refractivity contribution in [1.82, 2.24) is 0 Å². The fourth-order valence-electron chi connectivity index (χ4n) is 2.72. The van der Waals surface area contributed by atoms with E-state index in [-0.39, 0.29) is 11.8 Å². The molecule has 3 rings (SSSR count). The van der Waals surface area contributed by atoms with Gasteiger partial charge in [-0.15, -0.1) is 0 Å². The summed E-state index contributed by atoms with van der Waals surface area (Å²) in [4.78, 5) is 12.1. The van der Waals surface area contributed by atoms with Crippen molar-refractivity contribution in [1.29, 1.82) is 0 Å². The van der Waals surface area contributed by atoms with Crippen LogP contribution in [0.3, 0.4) is 0 Å². The van der Waals surface area contributed by atoms with Crippen LogP contribution < -0.4 is 5.32 Å². The van der Waals surface area contributed by atoms with Crippen molar-refractivity contribution in [2.45, 2.75) is 26.2 Å². The number of benzene rings is 2. The molecule has 96 valence electrons. The highest BCUT2D eigenvalue weighted by molar-refractivity contribution is 6.03. The van der Waals surface area contributed by atoms with Gasteiger partial charge in [-0.05, 0) is 43.0 Å². The van der Waals surface area contributed by atoms with E-state index in [9.17, 15) is 4.79 Å². The van der Waals surface area contributed by atoms with Crippen molar-refractivity contribution < 1.29 is 4.79 Å². The number of aryl methyl sites for hydroxylation is 2. The lowest BCUT2D eigenvalue weighted by Gasteiger charge is -2.12. The van der Waals surface area contributed by atoms with Crippen molar-refractivity contribution in [2.24, 2.45) is 0 Å². The Balaban J connectivity index is 1.95. The molecule has 0 saturated carbocycles. The van der Waals surface area contributed by atoms with E-state index >= 15 is 0 Å². The molecule has 0 aromatic heterocycles. The summed E-state index contributed by atoms with van der Waals surface area (Å²) in [6.07, 6.45) is 0.774. The highest BCUT2D eigenvalue weighted by Gasteiger charge is 2.30. The minimum atomic E-state index is -0.0586. The number of nitrogens with one attached hydrogen (secondary N) is 1. The second-order valence-corrected chi connectivity index (χ2v) is 5.26. The second-order valence-electron chi connectivity index (χ2n) is 5.26. The molecular formula is C17H17NO. The largest absolute Gasteiger partial charge is 0.325 e. The van der Waals surface area contributed by atoms with E-state index in [1.807, 2.05) is 24.3 Å². The number of anilines is 1. The van der Waals surface area contributed by atoms with E-state index in [0.29, 0.717) is 0 Å². The fourth-order valence-corrected chi connectivity index (χ4v) is 2.72. The van der Waals surface area contributed by atoms with Crippen LogP contribution in [0.4, 0.5) is 5.69 Å². The molecule has 0 unspecified atom stereocenters. The molecule has 1 aliphatic rings. The third-order valence-corrected chi connectivity index (χ3v) is 3.84. The van der Waals surface area contributed by atoms with Crippen LogP contribution >= 0.6 is 0 Å². The van der Waals surface area contributed by atoms with Crippen LogP contribution in [-0.4, -0.2) is 5.91 Å². The molecule has 0 radical (unpaired) electrons. The van der Waals surface area contributed by atoms with E-state index in [1.54, 1.807) is 0 Å². The predicted molar refractivity (Wildman–Crippen MR) is 77.4 cm³/mol. The van der Waals surface area contributed by atoms with E-state index in [0.717, 1.165) is 17.7 Å². The van der Waals surface area contributed by atoms with Gasteiger partial charge in [0, 0.05) is 5.69 Å². The predicted octanol–water partition coefficient (Wildman–Crippen LogP) is 3.58. The van der Waals surface area contributed by atoms with Crippen LogP contribution in [0.5, 0.6) is 0 Å². The van der Waals surface area contributed by atoms with Crippen LogP contribution in [0.2, 0.25) is 0 Å². The van der Waals surface area contributed by atoms with Gasteiger partial charge >= 0.3 is 0 Å². The van der Waals surface area contributed by atoms with E-state index < -0.39 is 0 Å². The molecule has 0 fully saturated rings. The van der Waals surface area contributed by atoms with Gasteiger partial charge in [0.05, 0.1) is 5.92 Å². The summed E-state index contributed by atoms with van der Waals surface area (Å²) in [6.45, 7) is 4.19. The number of amides is 1. The number of carbonyl (C=O) groups excluding carboxylic acids is 1. The van der Waals surface area contributed by atoms with Gasteiger partial charge in [0.2, 0.25) is 5.91 Å². The first-order valence-corrected chi connectivity index (χ1v) is 6.61. The van der Waals surface area contributed by atoms with E-state index in [4.69, 9.17) is 0 Å². The third kappa shape index (κ3) is 2.14. The van der Waals surface area contributed by atoms with Gasteiger partial charge < -0.3 is 5.32 Å². The molecular weight excluding hydrogens is 234 g/mol. The zero-order valence-electron chi connectivity index (χ0n) is 11.2. The minimum absolute atomic E-state index is 0.0586. The highest BCUT2D eigenvalue weighted by Crippen LogP contribution is 2.35. The molecule has 0 aliphatic carbocycles. The standard InChI is InChI=1S/C17H17NO/c1-11-7-8-12(2)13(9-11)10-15-14-5-3-4-6-16(14)18-17(15)19/h3-9,15H,10H2,1-2H3,(H,18,19)/t15-/m0/s1. The summed E-state index contributed by atoms with van der Waals surface area (Å²) in [7, 11) is 0. The van der Waals surface area contributed by atoms with Gasteiger partial charge in [0.25, 0.3) is 0 Å². The highest BCUT2D eigenvalue weighted by atomic mass is 16.2. The van der Waals surface area contributed by atoms with Crippen molar-refractivity contribution in [3.63, 3.8) is 0 Å². The lowest BCUT2D eigenvalue weighted by molar-refractivity contribution is -0.117. The molecule has 1 heterocycles. The monoisotopic (exact) mass is 251 g/mol. The van der Waals surface area contributed by atoms with Gasteiger partial charge in [-0.2, -0.15) is 0 Å². The third-order valence-electron chi connectivity index (χ3n) is 3.84. The molecule has 2 aromatic rings. The van der Waals surface area contributed by atoms with Crippen LogP contribution in [0.25, 0.3) is 0 Å². The molecule has 1 amide bonds. The summed E-state index contributed by atoms with van der Waals surface area (Å²) >= 11 is 0. The van der Waals surface area contributed by atoms with Gasteiger partial charge in [0.1, 0.15) is 0 Å². The first-order valence-electron chi connectivity index (χ1n) is 6.61. The van der Waals surface area contributed by atoms with Crippen LogP contribution in [0, 0.1) is 13.8 Å². The van der Waals surface area contributed by atoms with Crippen LogP contribution in [0.15, 0.2) is 42.5 Å². The Bertz CT molecular complexity index is 645. The van der Waals surface area contributed by atoms with Crippen LogP contribution in [0.1, 0.15) is 28.2 Å². The number of carbonyl (C=O) groups is 1. The lowest BCUT2D eigenvalue weighted by Crippen LogP contribution is -2.14. The topological polar surface area (TPSA) is 29.1 Å². The smallest absolute Gasteiger partial charge is 0.232 e. The molecule has 1 aliphatic heterocycles. The molecule has 0 saturated heterocycles. The Kier molecular flexibility index (Phi) is 2.86. The SMILES string of the molecule is Cc1ccc(C)c(C[C@@H]2C(=O)Nc3ccccc32)c1. The Morgan fingerprint density at radius 2 is 1.89 bits per heavy atom. The molecule has 2 nitrogen and oxygen atoms in total. The van der Waals surface area contributed by atoms with Gasteiger partial charge in [-0.25, -0.2) is 0 Å². The number of fused-ring (bicyclic) bond motifs is 1. The number of para-hydroxylation sites is 1. The normalized spacial score (nSPS) is 17.2. The fraction of sp³-hybridized carbons (Fsp3) is 0.235. The first kappa shape index (κ1) is 12.0. The quantitative estimate of drug-likeness (QED) is 0.868. The molecule has 2 aromatic carbocycles. The Morgan fingerprint density at radius 3 is 2.74 bits per heavy atom. The van der Waals surface area contributed by atoms with E-state index in [1.165, 1.54) is 16.7 Å². The van der Waals surface area contributed by atoms with Crippen molar-refractivity contribution in [3.05, 3.63) is 64.7 Å². The van der Waals surface area contributed by atoms with Gasteiger partial charge in [-0.3, -0.25) is 4.79 Å². The number of hydrogen-bond donors (Lipinski definition) is 1. The van der Waals surface area contributed by atoms with Crippen LogP contribution in [-0.2, 0) is 11.2 Å². The lowest BCUT2D eigenvalue weighted by atomic mass is 9.90. The summed E-state index contributed by atoms with van der Waals surface area (Å²) in [6, 6.07) is 14.4. The zero-order valence-corrected chi connectivity index (χ0v) is 11.2. The average molecular weight is 251 g/mol. The molecule has 19 heavy (non-hydrogen) atoms. The molecule has 1 atom stereocenters. The maximum Gasteiger partial charge on any atom is 0.232 e. The molecule has 0 bridgehead atoms.